The van der Waals surface area contributed by atoms with Crippen molar-refractivity contribution in [2.45, 2.75) is 51.9 Å². The third-order valence-electron chi connectivity index (χ3n) is 3.34. The number of aliphatic imine (C=N–C) groups is 1. The van der Waals surface area contributed by atoms with Crippen LogP contribution in [0.15, 0.2) is 29.3 Å². The van der Waals surface area contributed by atoms with E-state index in [4.69, 9.17) is 5.26 Å². The number of rotatable bonds is 8. The van der Waals surface area contributed by atoms with Crippen LogP contribution >= 0.6 is 11.8 Å². The minimum absolute atomic E-state index is 0.626. The molecule has 3 nitrogen and oxygen atoms in total. The number of unbranched alkanes of at least 4 members (excludes halogenated alkanes) is 5. The minimum atomic E-state index is 0.626. The van der Waals surface area contributed by atoms with Gasteiger partial charge in [-0.2, -0.15) is 5.26 Å². The first-order chi connectivity index (χ1) is 10.3. The number of nitriles is 1. The molecule has 0 bridgehead atoms. The minimum Gasteiger partial charge on any atom is -0.271 e. The summed E-state index contributed by atoms with van der Waals surface area (Å²) >= 11 is 1.43. The molecule has 0 radical (unpaired) electrons. The molecule has 0 aromatic heterocycles. The van der Waals surface area contributed by atoms with E-state index in [0.29, 0.717) is 5.17 Å². The number of thioether (sulfide) groups is 1. The molecule has 114 valence electrons. The van der Waals surface area contributed by atoms with E-state index in [1.807, 2.05) is 24.6 Å². The van der Waals surface area contributed by atoms with Crippen LogP contribution in [-0.2, 0) is 6.42 Å². The molecule has 4 heteroatoms. The molecule has 0 fully saturated rings. The van der Waals surface area contributed by atoms with Gasteiger partial charge in [-0.1, -0.05) is 62.9 Å². The zero-order chi connectivity index (χ0) is 15.3. The Morgan fingerprint density at radius 3 is 2.43 bits per heavy atom. The molecule has 0 aliphatic heterocycles. The van der Waals surface area contributed by atoms with Gasteiger partial charge in [0.25, 0.3) is 0 Å². The quantitative estimate of drug-likeness (QED) is 0.241. The number of aryl methyl sites for hydroxylation is 1. The van der Waals surface area contributed by atoms with Gasteiger partial charge in [-0.15, -0.1) is 0 Å². The molecule has 0 atom stereocenters. The van der Waals surface area contributed by atoms with Gasteiger partial charge in [0.15, 0.2) is 11.4 Å². The smallest absolute Gasteiger partial charge is 0.183 e. The summed E-state index contributed by atoms with van der Waals surface area (Å²) in [5.41, 5.74) is 2.25. The Labute approximate surface area is 132 Å². The van der Waals surface area contributed by atoms with E-state index in [2.05, 4.69) is 29.4 Å². The van der Waals surface area contributed by atoms with E-state index in [1.165, 1.54) is 55.9 Å². The highest BCUT2D eigenvalue weighted by atomic mass is 32.2. The zero-order valence-corrected chi connectivity index (χ0v) is 13.9. The van der Waals surface area contributed by atoms with Gasteiger partial charge in [0.2, 0.25) is 0 Å². The fourth-order valence-electron chi connectivity index (χ4n) is 2.14. The number of nitrogens with one attached hydrogen (secondary N) is 1. The second-order valence-corrected chi connectivity index (χ2v) is 5.84. The SMILES string of the molecule is CCCCCCCCc1ccc(N=C(NC#N)SC)cc1. The number of benzene rings is 1. The molecular formula is C17H25N3S. The van der Waals surface area contributed by atoms with Gasteiger partial charge < -0.3 is 0 Å². The fourth-order valence-corrected chi connectivity index (χ4v) is 2.48. The topological polar surface area (TPSA) is 48.2 Å². The summed E-state index contributed by atoms with van der Waals surface area (Å²) in [7, 11) is 0. The molecule has 0 unspecified atom stereocenters. The normalized spacial score (nSPS) is 11.2. The Bertz CT molecular complexity index is 460. The Morgan fingerprint density at radius 2 is 1.81 bits per heavy atom. The van der Waals surface area contributed by atoms with Crippen molar-refractivity contribution in [2.24, 2.45) is 4.99 Å². The van der Waals surface area contributed by atoms with Crippen LogP contribution in [0.4, 0.5) is 5.69 Å². The standard InChI is InChI=1S/C17H25N3S/c1-3-4-5-6-7-8-9-15-10-12-16(13-11-15)20-17(21-2)19-14-18/h10-13H,3-9H2,1-2H3,(H,19,20). The maximum absolute atomic E-state index is 8.61. The van der Waals surface area contributed by atoms with Crippen molar-refractivity contribution >= 4 is 22.6 Å². The molecule has 0 saturated heterocycles. The van der Waals surface area contributed by atoms with Gasteiger partial charge in [0.05, 0.1) is 5.69 Å². The maximum atomic E-state index is 8.61. The summed E-state index contributed by atoms with van der Waals surface area (Å²) < 4.78 is 0. The van der Waals surface area contributed by atoms with Gasteiger partial charge in [0.1, 0.15) is 0 Å². The van der Waals surface area contributed by atoms with E-state index < -0.39 is 0 Å². The van der Waals surface area contributed by atoms with Crippen LogP contribution < -0.4 is 5.32 Å². The molecule has 0 saturated carbocycles. The number of amidine groups is 1. The number of hydrogen-bond donors (Lipinski definition) is 1. The van der Waals surface area contributed by atoms with Crippen LogP contribution in [0.3, 0.4) is 0 Å². The highest BCUT2D eigenvalue weighted by Crippen LogP contribution is 2.17. The molecule has 0 heterocycles. The molecule has 21 heavy (non-hydrogen) atoms. The predicted octanol–water partition coefficient (Wildman–Crippen LogP) is 5.01. The second-order valence-electron chi connectivity index (χ2n) is 5.04. The summed E-state index contributed by atoms with van der Waals surface area (Å²) in [6, 6.07) is 8.30. The summed E-state index contributed by atoms with van der Waals surface area (Å²) in [4.78, 5) is 4.38. The van der Waals surface area contributed by atoms with Crippen molar-refractivity contribution in [2.75, 3.05) is 6.26 Å². The first-order valence-corrected chi connectivity index (χ1v) is 8.89. The Balaban J connectivity index is 2.38. The summed E-state index contributed by atoms with van der Waals surface area (Å²) in [6.45, 7) is 2.25. The van der Waals surface area contributed by atoms with E-state index in [1.54, 1.807) is 0 Å². The molecule has 0 aliphatic rings. The van der Waals surface area contributed by atoms with Crippen molar-refractivity contribution in [1.29, 1.82) is 5.26 Å². The van der Waals surface area contributed by atoms with Crippen molar-refractivity contribution in [3.63, 3.8) is 0 Å². The molecule has 1 aromatic rings. The van der Waals surface area contributed by atoms with Crippen molar-refractivity contribution in [3.8, 4) is 6.19 Å². The molecule has 0 aliphatic carbocycles. The Morgan fingerprint density at radius 1 is 1.14 bits per heavy atom. The fraction of sp³-hybridized carbons (Fsp3) is 0.529. The van der Waals surface area contributed by atoms with E-state index in [0.717, 1.165) is 12.1 Å². The van der Waals surface area contributed by atoms with Crippen LogP contribution in [0.25, 0.3) is 0 Å². The van der Waals surface area contributed by atoms with E-state index >= 15 is 0 Å². The van der Waals surface area contributed by atoms with E-state index in [9.17, 15) is 0 Å². The number of hydrogen-bond acceptors (Lipinski definition) is 3. The van der Waals surface area contributed by atoms with Gasteiger partial charge in [-0.3, -0.25) is 5.32 Å². The largest absolute Gasteiger partial charge is 0.271 e. The van der Waals surface area contributed by atoms with Crippen LogP contribution in [0.5, 0.6) is 0 Å². The lowest BCUT2D eigenvalue weighted by atomic mass is 10.0. The lowest BCUT2D eigenvalue weighted by molar-refractivity contribution is 0.607. The maximum Gasteiger partial charge on any atom is 0.183 e. The van der Waals surface area contributed by atoms with Crippen LogP contribution in [0.1, 0.15) is 51.0 Å². The van der Waals surface area contributed by atoms with E-state index in [-0.39, 0.29) is 0 Å². The van der Waals surface area contributed by atoms with Crippen molar-refractivity contribution < 1.29 is 0 Å². The third kappa shape index (κ3) is 7.77. The third-order valence-corrected chi connectivity index (χ3v) is 3.92. The molecular weight excluding hydrogens is 278 g/mol. The average Bonchev–Trinajstić information content (AvgIpc) is 2.52. The first kappa shape index (κ1) is 17.6. The van der Waals surface area contributed by atoms with Gasteiger partial charge in [-0.25, -0.2) is 4.99 Å². The summed E-state index contributed by atoms with van der Waals surface area (Å²) in [6.07, 6.45) is 12.9. The highest BCUT2D eigenvalue weighted by Gasteiger charge is 1.98. The molecule has 0 spiro atoms. The lowest BCUT2D eigenvalue weighted by Crippen LogP contribution is -2.12. The molecule has 1 N–H and O–H groups in total. The summed E-state index contributed by atoms with van der Waals surface area (Å²) in [5, 5.41) is 11.8. The predicted molar refractivity (Wildman–Crippen MR) is 92.9 cm³/mol. The Kier molecular flexibility index (Phi) is 9.39. The first-order valence-electron chi connectivity index (χ1n) is 7.67. The molecule has 1 rings (SSSR count). The molecule has 1 aromatic carbocycles. The second kappa shape index (κ2) is 11.2. The Hall–Kier alpha value is -1.47. The monoisotopic (exact) mass is 303 g/mol. The van der Waals surface area contributed by atoms with Gasteiger partial charge in [-0.05, 0) is 36.8 Å². The van der Waals surface area contributed by atoms with Crippen LogP contribution in [0.2, 0.25) is 0 Å². The highest BCUT2D eigenvalue weighted by molar-refractivity contribution is 8.13. The van der Waals surface area contributed by atoms with Crippen LogP contribution in [0, 0.1) is 11.5 Å². The van der Waals surface area contributed by atoms with Gasteiger partial charge >= 0.3 is 0 Å². The average molecular weight is 303 g/mol. The van der Waals surface area contributed by atoms with Crippen molar-refractivity contribution in [1.82, 2.24) is 5.32 Å². The van der Waals surface area contributed by atoms with Crippen molar-refractivity contribution in [3.05, 3.63) is 29.8 Å². The summed E-state index contributed by atoms with van der Waals surface area (Å²) in [5.74, 6) is 0. The molecule has 0 amide bonds. The number of nitrogens with zero attached hydrogens (tertiary/aromatic N) is 2. The lowest BCUT2D eigenvalue weighted by Gasteiger charge is -2.03. The van der Waals surface area contributed by atoms with Crippen LogP contribution in [-0.4, -0.2) is 11.4 Å². The van der Waals surface area contributed by atoms with Gasteiger partial charge in [0, 0.05) is 0 Å². The zero-order valence-electron chi connectivity index (χ0n) is 13.1.